The van der Waals surface area contributed by atoms with Crippen LogP contribution in [0.2, 0.25) is 5.28 Å². The van der Waals surface area contributed by atoms with Gasteiger partial charge in [0.05, 0.1) is 0 Å². The summed E-state index contributed by atoms with van der Waals surface area (Å²) in [4.78, 5) is 3.86. The molecule has 2 heterocycles. The smallest absolute Gasteiger partial charge is 0.240 e. The van der Waals surface area contributed by atoms with Gasteiger partial charge in [0.15, 0.2) is 0 Å². The summed E-state index contributed by atoms with van der Waals surface area (Å²) >= 11 is 5.65. The van der Waals surface area contributed by atoms with Crippen LogP contribution in [0.3, 0.4) is 0 Å². The summed E-state index contributed by atoms with van der Waals surface area (Å²) in [5.74, 6) is 0.332. The van der Waals surface area contributed by atoms with E-state index in [1.165, 1.54) is 10.6 Å². The monoisotopic (exact) mass is 179 g/mol. The lowest BCUT2D eigenvalue weighted by molar-refractivity contribution is 1.08. The van der Waals surface area contributed by atoms with Gasteiger partial charge in [-0.2, -0.15) is 5.26 Å². The summed E-state index contributed by atoms with van der Waals surface area (Å²) in [5, 5.41) is 16.0. The van der Waals surface area contributed by atoms with Crippen LogP contribution >= 0.6 is 11.6 Å². The number of hydrogen-bond acceptors (Lipinski definition) is 4. The first-order valence-electron chi connectivity index (χ1n) is 3.08. The van der Waals surface area contributed by atoms with Crippen molar-refractivity contribution in [3.8, 4) is 6.07 Å². The maximum absolute atomic E-state index is 8.67. The average Bonchev–Trinajstić information content (AvgIpc) is 2.48. The standard InChI is InChI=1S/C6H2ClN5/c7-5-10-11-6-9-2-1-4(3-8)12(5)6/h1-2H. The molecule has 0 aliphatic heterocycles. The Hall–Kier alpha value is -1.67. The summed E-state index contributed by atoms with van der Waals surface area (Å²) in [7, 11) is 0. The minimum absolute atomic E-state index is 0.148. The normalized spacial score (nSPS) is 10.0. The van der Waals surface area contributed by atoms with Gasteiger partial charge in [0.1, 0.15) is 11.8 Å². The number of rotatable bonds is 0. The van der Waals surface area contributed by atoms with Gasteiger partial charge < -0.3 is 0 Å². The first kappa shape index (κ1) is 7.00. The zero-order valence-corrected chi connectivity index (χ0v) is 6.52. The van der Waals surface area contributed by atoms with Crippen LogP contribution < -0.4 is 0 Å². The first-order valence-corrected chi connectivity index (χ1v) is 3.46. The maximum Gasteiger partial charge on any atom is 0.257 e. The van der Waals surface area contributed by atoms with E-state index < -0.39 is 0 Å². The predicted octanol–water partition coefficient (Wildman–Crippen LogP) is 0.649. The van der Waals surface area contributed by atoms with Crippen LogP contribution in [0.25, 0.3) is 5.78 Å². The van der Waals surface area contributed by atoms with Crippen molar-refractivity contribution in [1.29, 1.82) is 5.26 Å². The fourth-order valence-electron chi connectivity index (χ4n) is 0.885. The number of hydrogen-bond donors (Lipinski definition) is 0. The van der Waals surface area contributed by atoms with Crippen LogP contribution in [0.1, 0.15) is 5.69 Å². The molecule has 6 heteroatoms. The lowest BCUT2D eigenvalue weighted by Crippen LogP contribution is -1.93. The predicted molar refractivity (Wildman–Crippen MR) is 40.5 cm³/mol. The molecule has 2 aromatic heterocycles. The molecule has 5 nitrogen and oxygen atoms in total. The van der Waals surface area contributed by atoms with Crippen LogP contribution in [0.4, 0.5) is 0 Å². The van der Waals surface area contributed by atoms with Crippen LogP contribution in [0.15, 0.2) is 12.3 Å². The minimum atomic E-state index is 0.148. The molecule has 0 saturated heterocycles. The van der Waals surface area contributed by atoms with Crippen molar-refractivity contribution in [3.05, 3.63) is 23.2 Å². The quantitative estimate of drug-likeness (QED) is 0.596. The second-order valence-electron chi connectivity index (χ2n) is 2.05. The van der Waals surface area contributed by atoms with E-state index in [0.29, 0.717) is 11.5 Å². The molecule has 0 fully saturated rings. The highest BCUT2D eigenvalue weighted by Crippen LogP contribution is 2.08. The van der Waals surface area contributed by atoms with E-state index in [4.69, 9.17) is 16.9 Å². The minimum Gasteiger partial charge on any atom is -0.240 e. The van der Waals surface area contributed by atoms with Crippen molar-refractivity contribution in [3.63, 3.8) is 0 Å². The fraction of sp³-hybridized carbons (Fsp3) is 0. The summed E-state index contributed by atoms with van der Waals surface area (Å²) in [5.41, 5.74) is 0.370. The molecule has 0 aliphatic rings. The van der Waals surface area contributed by atoms with E-state index in [-0.39, 0.29) is 5.28 Å². The third-order valence-corrected chi connectivity index (χ3v) is 1.63. The summed E-state index contributed by atoms with van der Waals surface area (Å²) in [6, 6.07) is 3.50. The Balaban J connectivity index is 2.96. The van der Waals surface area contributed by atoms with Crippen molar-refractivity contribution in [2.24, 2.45) is 0 Å². The number of aromatic nitrogens is 4. The molecule has 0 atom stereocenters. The fourth-order valence-corrected chi connectivity index (χ4v) is 1.09. The second kappa shape index (κ2) is 2.43. The molecule has 0 aliphatic carbocycles. The van der Waals surface area contributed by atoms with Gasteiger partial charge in [-0.05, 0) is 17.7 Å². The van der Waals surface area contributed by atoms with Gasteiger partial charge in [0.25, 0.3) is 5.78 Å². The Morgan fingerprint density at radius 2 is 2.33 bits per heavy atom. The summed E-state index contributed by atoms with van der Waals surface area (Å²) in [6.07, 6.45) is 1.49. The van der Waals surface area contributed by atoms with Crippen molar-refractivity contribution < 1.29 is 0 Å². The lowest BCUT2D eigenvalue weighted by atomic mass is 10.4. The zero-order chi connectivity index (χ0) is 8.55. The van der Waals surface area contributed by atoms with Crippen molar-refractivity contribution in [1.82, 2.24) is 19.6 Å². The van der Waals surface area contributed by atoms with Gasteiger partial charge in [0.2, 0.25) is 5.28 Å². The van der Waals surface area contributed by atoms with Gasteiger partial charge >= 0.3 is 0 Å². The van der Waals surface area contributed by atoms with Crippen molar-refractivity contribution in [2.45, 2.75) is 0 Å². The molecule has 0 saturated carbocycles. The van der Waals surface area contributed by atoms with Crippen LogP contribution in [0, 0.1) is 11.3 Å². The highest BCUT2D eigenvalue weighted by Gasteiger charge is 2.06. The number of nitriles is 1. The molecular weight excluding hydrogens is 178 g/mol. The molecule has 0 radical (unpaired) electrons. The van der Waals surface area contributed by atoms with E-state index in [1.54, 1.807) is 6.07 Å². The molecule has 0 spiro atoms. The topological polar surface area (TPSA) is 66.9 Å². The zero-order valence-electron chi connectivity index (χ0n) is 5.77. The molecule has 12 heavy (non-hydrogen) atoms. The second-order valence-corrected chi connectivity index (χ2v) is 2.38. The Labute approximate surface area is 72.2 Å². The molecule has 58 valence electrons. The van der Waals surface area contributed by atoms with E-state index in [0.717, 1.165) is 0 Å². The molecule has 0 aromatic carbocycles. The van der Waals surface area contributed by atoms with Gasteiger partial charge in [0, 0.05) is 6.20 Å². The number of halogens is 1. The van der Waals surface area contributed by atoms with E-state index >= 15 is 0 Å². The van der Waals surface area contributed by atoms with E-state index in [1.807, 2.05) is 6.07 Å². The van der Waals surface area contributed by atoms with Crippen molar-refractivity contribution >= 4 is 17.4 Å². The van der Waals surface area contributed by atoms with Gasteiger partial charge in [-0.15, -0.1) is 10.2 Å². The third-order valence-electron chi connectivity index (χ3n) is 1.38. The highest BCUT2D eigenvalue weighted by atomic mass is 35.5. The Kier molecular flexibility index (Phi) is 1.42. The molecule has 0 amide bonds. The average molecular weight is 180 g/mol. The van der Waals surface area contributed by atoms with Crippen molar-refractivity contribution in [2.75, 3.05) is 0 Å². The maximum atomic E-state index is 8.67. The SMILES string of the molecule is N#Cc1ccnc2nnc(Cl)n12. The van der Waals surface area contributed by atoms with Gasteiger partial charge in [-0.1, -0.05) is 0 Å². The van der Waals surface area contributed by atoms with Crippen LogP contribution in [-0.4, -0.2) is 19.6 Å². The molecular formula is C6H2ClN5. The molecule has 2 aromatic rings. The Morgan fingerprint density at radius 1 is 1.50 bits per heavy atom. The van der Waals surface area contributed by atoms with Crippen LogP contribution in [0.5, 0.6) is 0 Å². The molecule has 0 unspecified atom stereocenters. The lowest BCUT2D eigenvalue weighted by Gasteiger charge is -1.93. The molecule has 0 N–H and O–H groups in total. The Bertz CT molecular complexity index is 468. The largest absolute Gasteiger partial charge is 0.257 e. The number of nitrogens with zero attached hydrogens (tertiary/aromatic N) is 5. The first-order chi connectivity index (χ1) is 5.83. The number of fused-ring (bicyclic) bond motifs is 1. The highest BCUT2D eigenvalue weighted by molar-refractivity contribution is 6.28. The molecule has 2 rings (SSSR count). The van der Waals surface area contributed by atoms with Gasteiger partial charge in [-0.25, -0.2) is 9.38 Å². The molecule has 0 bridgehead atoms. The van der Waals surface area contributed by atoms with Gasteiger partial charge in [-0.3, -0.25) is 0 Å². The van der Waals surface area contributed by atoms with Crippen LogP contribution in [-0.2, 0) is 0 Å². The summed E-state index contributed by atoms with van der Waals surface area (Å²) < 4.78 is 1.38. The Morgan fingerprint density at radius 3 is 3.08 bits per heavy atom. The van der Waals surface area contributed by atoms with E-state index in [2.05, 4.69) is 15.2 Å². The third kappa shape index (κ3) is 0.822. The summed E-state index contributed by atoms with van der Waals surface area (Å²) in [6.45, 7) is 0. The van der Waals surface area contributed by atoms with E-state index in [9.17, 15) is 0 Å².